The highest BCUT2D eigenvalue weighted by molar-refractivity contribution is 7.89. The fourth-order valence-corrected chi connectivity index (χ4v) is 6.16. The number of halogens is 1. The Balaban J connectivity index is 1.83. The van der Waals surface area contributed by atoms with E-state index in [2.05, 4.69) is 9.88 Å². The van der Waals surface area contributed by atoms with Gasteiger partial charge in [-0.15, -0.1) is 0 Å². The molecule has 0 spiro atoms. The van der Waals surface area contributed by atoms with E-state index in [0.29, 0.717) is 50.0 Å². The van der Waals surface area contributed by atoms with Crippen molar-refractivity contribution in [1.29, 1.82) is 0 Å². The minimum absolute atomic E-state index is 0.0461. The SMILES string of the molecule is CCOCCCN(CC(=O)N(Cc1cccn1Cc1ccccc1Cl)CC(C)C)S(=O)(=O)c1ccc(NC(C)=O)cc1. The van der Waals surface area contributed by atoms with Gasteiger partial charge in [0.25, 0.3) is 0 Å². The molecule has 0 saturated heterocycles. The van der Waals surface area contributed by atoms with Crippen molar-refractivity contribution in [2.24, 2.45) is 5.92 Å². The monoisotopic (exact) mass is 616 g/mol. The zero-order chi connectivity index (χ0) is 30.7. The maximum absolute atomic E-state index is 13.8. The number of nitrogens with zero attached hydrogens (tertiary/aromatic N) is 3. The molecule has 0 aliphatic carbocycles. The van der Waals surface area contributed by atoms with Crippen LogP contribution in [-0.4, -0.2) is 66.9 Å². The van der Waals surface area contributed by atoms with Crippen molar-refractivity contribution in [3.63, 3.8) is 0 Å². The lowest BCUT2D eigenvalue weighted by Gasteiger charge is -2.29. The Bertz CT molecular complexity index is 1420. The highest BCUT2D eigenvalue weighted by Crippen LogP contribution is 2.21. The number of nitrogens with one attached hydrogen (secondary N) is 1. The van der Waals surface area contributed by atoms with Crippen molar-refractivity contribution in [3.05, 3.63) is 83.1 Å². The van der Waals surface area contributed by atoms with E-state index >= 15 is 0 Å². The number of aromatic nitrogens is 1. The molecular formula is C31H41ClN4O5S. The molecule has 0 unspecified atom stereocenters. The first-order chi connectivity index (χ1) is 20.0. The minimum Gasteiger partial charge on any atom is -0.382 e. The summed E-state index contributed by atoms with van der Waals surface area (Å²) in [7, 11) is -4.01. The zero-order valence-corrected chi connectivity index (χ0v) is 26.3. The van der Waals surface area contributed by atoms with E-state index in [0.717, 1.165) is 11.3 Å². The molecule has 1 N–H and O–H groups in total. The van der Waals surface area contributed by atoms with Crippen molar-refractivity contribution in [1.82, 2.24) is 13.8 Å². The summed E-state index contributed by atoms with van der Waals surface area (Å²) in [5, 5.41) is 3.31. The second-order valence-electron chi connectivity index (χ2n) is 10.5. The van der Waals surface area contributed by atoms with E-state index < -0.39 is 10.0 Å². The number of carbonyl (C=O) groups is 2. The van der Waals surface area contributed by atoms with Gasteiger partial charge in [0.05, 0.1) is 18.0 Å². The van der Waals surface area contributed by atoms with Gasteiger partial charge in [0.1, 0.15) is 0 Å². The Morgan fingerprint density at radius 3 is 2.40 bits per heavy atom. The number of hydrogen-bond acceptors (Lipinski definition) is 5. The van der Waals surface area contributed by atoms with Crippen molar-refractivity contribution in [2.45, 2.75) is 52.1 Å². The maximum Gasteiger partial charge on any atom is 0.243 e. The van der Waals surface area contributed by atoms with Gasteiger partial charge >= 0.3 is 0 Å². The Morgan fingerprint density at radius 1 is 1.05 bits per heavy atom. The molecule has 42 heavy (non-hydrogen) atoms. The van der Waals surface area contributed by atoms with E-state index in [-0.39, 0.29) is 35.7 Å². The molecule has 0 bridgehead atoms. The van der Waals surface area contributed by atoms with E-state index in [4.69, 9.17) is 16.3 Å². The van der Waals surface area contributed by atoms with Crippen LogP contribution in [0, 0.1) is 5.92 Å². The number of anilines is 1. The fraction of sp³-hybridized carbons (Fsp3) is 0.419. The number of benzene rings is 2. The number of carbonyl (C=O) groups excluding carboxylic acids is 2. The normalized spacial score (nSPS) is 11.7. The molecule has 2 amide bonds. The van der Waals surface area contributed by atoms with Crippen LogP contribution in [-0.2, 0) is 37.4 Å². The van der Waals surface area contributed by atoms with Gasteiger partial charge < -0.3 is 19.5 Å². The van der Waals surface area contributed by atoms with Gasteiger partial charge in [0, 0.05) is 62.4 Å². The number of ether oxygens (including phenoxy) is 1. The first kappa shape index (κ1) is 33.3. The summed E-state index contributed by atoms with van der Waals surface area (Å²) in [6.07, 6.45) is 2.39. The highest BCUT2D eigenvalue weighted by Gasteiger charge is 2.29. The number of rotatable bonds is 16. The minimum atomic E-state index is -4.01. The van der Waals surface area contributed by atoms with Crippen LogP contribution in [0.4, 0.5) is 5.69 Å². The third kappa shape index (κ3) is 9.69. The van der Waals surface area contributed by atoms with Crippen LogP contribution in [0.5, 0.6) is 0 Å². The van der Waals surface area contributed by atoms with Gasteiger partial charge in [0.2, 0.25) is 21.8 Å². The summed E-state index contributed by atoms with van der Waals surface area (Å²) in [5.41, 5.74) is 2.38. The molecule has 0 saturated carbocycles. The molecule has 1 heterocycles. The van der Waals surface area contributed by atoms with Gasteiger partial charge in [-0.3, -0.25) is 9.59 Å². The Kier molecular flexibility index (Phi) is 12.6. The van der Waals surface area contributed by atoms with Crippen LogP contribution in [0.1, 0.15) is 45.4 Å². The largest absolute Gasteiger partial charge is 0.382 e. The second-order valence-corrected chi connectivity index (χ2v) is 12.8. The van der Waals surface area contributed by atoms with Crippen molar-refractivity contribution in [3.8, 4) is 0 Å². The second kappa shape index (κ2) is 15.9. The Hall–Kier alpha value is -3.18. The molecule has 3 rings (SSSR count). The Labute approximate surface area is 254 Å². The smallest absolute Gasteiger partial charge is 0.243 e. The Morgan fingerprint density at radius 2 is 1.76 bits per heavy atom. The van der Waals surface area contributed by atoms with Crippen LogP contribution in [0.3, 0.4) is 0 Å². The summed E-state index contributed by atoms with van der Waals surface area (Å²) in [6, 6.07) is 17.5. The molecule has 0 aliphatic heterocycles. The molecular weight excluding hydrogens is 576 g/mol. The van der Waals surface area contributed by atoms with Crippen molar-refractivity contribution < 1.29 is 22.7 Å². The van der Waals surface area contributed by atoms with Gasteiger partial charge in [-0.1, -0.05) is 43.6 Å². The first-order valence-electron chi connectivity index (χ1n) is 14.1. The van der Waals surface area contributed by atoms with Crippen LogP contribution in [0.15, 0.2) is 71.8 Å². The van der Waals surface area contributed by atoms with Crippen LogP contribution in [0.25, 0.3) is 0 Å². The lowest BCUT2D eigenvalue weighted by molar-refractivity contribution is -0.132. The van der Waals surface area contributed by atoms with Crippen molar-refractivity contribution in [2.75, 3.05) is 38.2 Å². The quantitative estimate of drug-likeness (QED) is 0.222. The molecule has 3 aromatic rings. The summed E-state index contributed by atoms with van der Waals surface area (Å²) < 4.78 is 36.2. The summed E-state index contributed by atoms with van der Waals surface area (Å²) in [4.78, 5) is 26.9. The van der Waals surface area contributed by atoms with Crippen LogP contribution in [0.2, 0.25) is 5.02 Å². The predicted octanol–water partition coefficient (Wildman–Crippen LogP) is 5.25. The molecule has 0 aliphatic rings. The maximum atomic E-state index is 13.8. The third-order valence-electron chi connectivity index (χ3n) is 6.54. The molecule has 11 heteroatoms. The molecule has 2 aromatic carbocycles. The number of hydrogen-bond donors (Lipinski definition) is 1. The van der Waals surface area contributed by atoms with E-state index in [9.17, 15) is 18.0 Å². The third-order valence-corrected chi connectivity index (χ3v) is 8.77. The van der Waals surface area contributed by atoms with Gasteiger partial charge in [-0.25, -0.2) is 8.42 Å². The van der Waals surface area contributed by atoms with E-state index in [1.165, 1.54) is 35.5 Å². The number of amides is 2. The van der Waals surface area contributed by atoms with E-state index in [1.54, 1.807) is 4.90 Å². The predicted molar refractivity (Wildman–Crippen MR) is 166 cm³/mol. The number of sulfonamides is 1. The highest BCUT2D eigenvalue weighted by atomic mass is 35.5. The average molecular weight is 617 g/mol. The van der Waals surface area contributed by atoms with Crippen LogP contribution >= 0.6 is 11.6 Å². The van der Waals surface area contributed by atoms with Gasteiger partial charge in [0.15, 0.2) is 0 Å². The standard InChI is InChI=1S/C31H41ClN4O5S/c1-5-41-19-9-18-36(42(39,40)29-15-13-27(14-16-29)33-25(4)37)23-31(38)35(20-24(2)3)22-28-11-8-17-34(28)21-26-10-6-7-12-30(26)32/h6-8,10-17,24H,5,9,18-23H2,1-4H3,(H,33,37). The molecule has 0 atom stereocenters. The average Bonchev–Trinajstić information content (AvgIpc) is 3.37. The molecule has 9 nitrogen and oxygen atoms in total. The van der Waals surface area contributed by atoms with Crippen molar-refractivity contribution >= 4 is 39.1 Å². The summed E-state index contributed by atoms with van der Waals surface area (Å²) in [5.74, 6) is -0.369. The van der Waals surface area contributed by atoms with Gasteiger partial charge in [-0.05, 0) is 67.3 Å². The topological polar surface area (TPSA) is 101 Å². The fourth-order valence-electron chi connectivity index (χ4n) is 4.53. The summed E-state index contributed by atoms with van der Waals surface area (Å²) >= 11 is 6.39. The molecule has 0 fully saturated rings. The molecule has 0 radical (unpaired) electrons. The van der Waals surface area contributed by atoms with Gasteiger partial charge in [-0.2, -0.15) is 4.31 Å². The molecule has 1 aromatic heterocycles. The van der Waals surface area contributed by atoms with Crippen LogP contribution < -0.4 is 5.32 Å². The first-order valence-corrected chi connectivity index (χ1v) is 15.9. The lowest BCUT2D eigenvalue weighted by atomic mass is 10.2. The molecule has 228 valence electrons. The lowest BCUT2D eigenvalue weighted by Crippen LogP contribution is -2.44. The summed E-state index contributed by atoms with van der Waals surface area (Å²) in [6.45, 7) is 9.37. The zero-order valence-electron chi connectivity index (χ0n) is 24.8. The van der Waals surface area contributed by atoms with E-state index in [1.807, 2.05) is 63.4 Å².